The summed E-state index contributed by atoms with van der Waals surface area (Å²) in [6, 6.07) is 0. The lowest BCUT2D eigenvalue weighted by Crippen LogP contribution is -2.11. The van der Waals surface area contributed by atoms with Crippen molar-refractivity contribution in [3.05, 3.63) is 11.3 Å². The van der Waals surface area contributed by atoms with Crippen molar-refractivity contribution in [2.24, 2.45) is 5.92 Å². The first-order chi connectivity index (χ1) is 5.81. The predicted octanol–water partition coefficient (Wildman–Crippen LogP) is 1.58. The molecule has 1 heterocycles. The molecular weight excluding hydrogens is 150 g/mol. The highest BCUT2D eigenvalue weighted by Crippen LogP contribution is 2.28. The van der Waals surface area contributed by atoms with Crippen LogP contribution in [0.5, 0.6) is 0 Å². The molecule has 0 fully saturated rings. The third-order valence-corrected chi connectivity index (χ3v) is 2.63. The van der Waals surface area contributed by atoms with Gasteiger partial charge in [0.2, 0.25) is 0 Å². The minimum absolute atomic E-state index is 0.808. The van der Waals surface area contributed by atoms with Crippen LogP contribution >= 0.6 is 0 Å². The molecule has 3 heteroatoms. The second-order valence-corrected chi connectivity index (χ2v) is 3.63. The average molecular weight is 165 g/mol. The lowest BCUT2D eigenvalue weighted by molar-refractivity contribution is 0.498. The van der Waals surface area contributed by atoms with E-state index in [1.54, 1.807) is 0 Å². The summed E-state index contributed by atoms with van der Waals surface area (Å²) in [4.78, 5) is 0. The topological polar surface area (TPSA) is 40.7 Å². The van der Waals surface area contributed by atoms with Gasteiger partial charge >= 0.3 is 0 Å². The smallest absolute Gasteiger partial charge is 0.151 e. The molecule has 0 aliphatic heterocycles. The van der Waals surface area contributed by atoms with Gasteiger partial charge in [0.25, 0.3) is 0 Å². The molecule has 1 aliphatic carbocycles. The molecular formula is C9H15N3. The normalized spacial score (nSPS) is 22.0. The number of aromatic amines is 1. The molecule has 1 aromatic rings. The Bertz CT molecular complexity index is 264. The summed E-state index contributed by atoms with van der Waals surface area (Å²) in [5.74, 6) is 1.85. The third kappa shape index (κ3) is 1.09. The molecule has 0 spiro atoms. The van der Waals surface area contributed by atoms with E-state index in [9.17, 15) is 0 Å². The monoisotopic (exact) mass is 165 g/mol. The molecule has 2 N–H and O–H groups in total. The van der Waals surface area contributed by atoms with Crippen LogP contribution in [0.4, 0.5) is 5.82 Å². The molecule has 1 unspecified atom stereocenters. The van der Waals surface area contributed by atoms with Gasteiger partial charge in [-0.1, -0.05) is 6.92 Å². The summed E-state index contributed by atoms with van der Waals surface area (Å²) in [6.45, 7) is 2.30. The van der Waals surface area contributed by atoms with Gasteiger partial charge in [0.15, 0.2) is 5.82 Å². The number of fused-ring (bicyclic) bond motifs is 1. The lowest BCUT2D eigenvalue weighted by atomic mass is 9.89. The van der Waals surface area contributed by atoms with Crippen molar-refractivity contribution in [3.8, 4) is 0 Å². The Morgan fingerprint density at radius 3 is 3.17 bits per heavy atom. The van der Waals surface area contributed by atoms with E-state index in [1.807, 2.05) is 7.05 Å². The van der Waals surface area contributed by atoms with Crippen LogP contribution in [0.15, 0.2) is 0 Å². The quantitative estimate of drug-likeness (QED) is 0.663. The van der Waals surface area contributed by atoms with Crippen molar-refractivity contribution in [1.29, 1.82) is 0 Å². The molecule has 12 heavy (non-hydrogen) atoms. The maximum Gasteiger partial charge on any atom is 0.151 e. The van der Waals surface area contributed by atoms with E-state index >= 15 is 0 Å². The maximum absolute atomic E-state index is 4.21. The van der Waals surface area contributed by atoms with Crippen LogP contribution in [0.25, 0.3) is 0 Å². The number of aryl methyl sites for hydroxylation is 1. The number of hydrogen-bond donors (Lipinski definition) is 2. The highest BCUT2D eigenvalue weighted by Gasteiger charge is 2.20. The van der Waals surface area contributed by atoms with Gasteiger partial charge in [0.1, 0.15) is 0 Å². The second kappa shape index (κ2) is 2.81. The molecule has 2 rings (SSSR count). The number of nitrogens with zero attached hydrogens (tertiary/aromatic N) is 1. The minimum atomic E-state index is 0.808. The summed E-state index contributed by atoms with van der Waals surface area (Å²) < 4.78 is 0. The Hall–Kier alpha value is -0.990. The van der Waals surface area contributed by atoms with Gasteiger partial charge in [0.05, 0.1) is 0 Å². The number of nitrogens with one attached hydrogen (secondary N) is 2. The largest absolute Gasteiger partial charge is 0.371 e. The molecule has 1 atom stereocenters. The van der Waals surface area contributed by atoms with E-state index in [-0.39, 0.29) is 0 Å². The Morgan fingerprint density at radius 1 is 1.58 bits per heavy atom. The zero-order chi connectivity index (χ0) is 8.55. The van der Waals surface area contributed by atoms with Crippen LogP contribution in [0.1, 0.15) is 24.6 Å². The van der Waals surface area contributed by atoms with Crippen LogP contribution in [-0.2, 0) is 12.8 Å². The third-order valence-electron chi connectivity index (χ3n) is 2.63. The molecule has 1 aliphatic rings. The standard InChI is InChI=1S/C9H15N3/c1-6-3-4-8-7(5-6)9(10-2)12-11-8/h6H,3-5H2,1-2H3,(H2,10,11,12). The number of hydrogen-bond acceptors (Lipinski definition) is 2. The molecule has 0 saturated heterocycles. The molecule has 0 saturated carbocycles. The Kier molecular flexibility index (Phi) is 1.79. The summed E-state index contributed by atoms with van der Waals surface area (Å²) in [5, 5.41) is 10.4. The summed E-state index contributed by atoms with van der Waals surface area (Å²) >= 11 is 0. The first-order valence-corrected chi connectivity index (χ1v) is 4.55. The van der Waals surface area contributed by atoms with Crippen molar-refractivity contribution in [1.82, 2.24) is 10.2 Å². The summed E-state index contributed by atoms with van der Waals surface area (Å²) in [7, 11) is 1.93. The number of rotatable bonds is 1. The van der Waals surface area contributed by atoms with Crippen molar-refractivity contribution in [2.75, 3.05) is 12.4 Å². The molecule has 0 amide bonds. The number of aromatic nitrogens is 2. The molecule has 0 bridgehead atoms. The molecule has 66 valence electrons. The molecule has 1 aromatic heterocycles. The van der Waals surface area contributed by atoms with Crippen molar-refractivity contribution < 1.29 is 0 Å². The lowest BCUT2D eigenvalue weighted by Gasteiger charge is -2.17. The maximum atomic E-state index is 4.21. The highest BCUT2D eigenvalue weighted by atomic mass is 15.2. The fourth-order valence-electron chi connectivity index (χ4n) is 1.88. The van der Waals surface area contributed by atoms with Gasteiger partial charge in [-0.25, -0.2) is 0 Å². The van der Waals surface area contributed by atoms with Gasteiger partial charge < -0.3 is 5.32 Å². The van der Waals surface area contributed by atoms with Crippen molar-refractivity contribution >= 4 is 5.82 Å². The van der Waals surface area contributed by atoms with Crippen molar-refractivity contribution in [2.45, 2.75) is 26.2 Å². The van der Waals surface area contributed by atoms with E-state index in [2.05, 4.69) is 22.4 Å². The second-order valence-electron chi connectivity index (χ2n) is 3.63. The Labute approximate surface area is 72.6 Å². The highest BCUT2D eigenvalue weighted by molar-refractivity contribution is 5.47. The van der Waals surface area contributed by atoms with Crippen LogP contribution < -0.4 is 5.32 Å². The van der Waals surface area contributed by atoms with Crippen LogP contribution in [0, 0.1) is 5.92 Å². The van der Waals surface area contributed by atoms with E-state index in [4.69, 9.17) is 0 Å². The predicted molar refractivity (Wildman–Crippen MR) is 49.3 cm³/mol. The Balaban J connectivity index is 2.34. The van der Waals surface area contributed by atoms with Crippen molar-refractivity contribution in [3.63, 3.8) is 0 Å². The van der Waals surface area contributed by atoms with Gasteiger partial charge in [-0.05, 0) is 25.2 Å². The van der Waals surface area contributed by atoms with E-state index in [0.29, 0.717) is 0 Å². The first-order valence-electron chi connectivity index (χ1n) is 4.55. The number of H-pyrrole nitrogens is 1. The van der Waals surface area contributed by atoms with Gasteiger partial charge in [-0.3, -0.25) is 5.10 Å². The fourth-order valence-corrected chi connectivity index (χ4v) is 1.88. The number of anilines is 1. The molecule has 0 radical (unpaired) electrons. The summed E-state index contributed by atoms with van der Waals surface area (Å²) in [6.07, 6.45) is 3.62. The molecule has 0 aromatic carbocycles. The zero-order valence-corrected chi connectivity index (χ0v) is 7.65. The average Bonchev–Trinajstić information content (AvgIpc) is 2.46. The van der Waals surface area contributed by atoms with E-state index in [0.717, 1.165) is 18.2 Å². The fraction of sp³-hybridized carbons (Fsp3) is 0.667. The van der Waals surface area contributed by atoms with Crippen LogP contribution in [0.3, 0.4) is 0 Å². The Morgan fingerprint density at radius 2 is 2.42 bits per heavy atom. The van der Waals surface area contributed by atoms with E-state index < -0.39 is 0 Å². The van der Waals surface area contributed by atoms with Crippen LogP contribution in [-0.4, -0.2) is 17.2 Å². The van der Waals surface area contributed by atoms with Gasteiger partial charge in [-0.15, -0.1) is 0 Å². The zero-order valence-electron chi connectivity index (χ0n) is 7.65. The van der Waals surface area contributed by atoms with E-state index in [1.165, 1.54) is 24.1 Å². The first kappa shape index (κ1) is 7.65. The van der Waals surface area contributed by atoms with Gasteiger partial charge in [-0.2, -0.15) is 5.10 Å². The molecule has 3 nitrogen and oxygen atoms in total. The minimum Gasteiger partial charge on any atom is -0.371 e. The SMILES string of the molecule is CNc1n[nH]c2c1CC(C)CC2. The summed E-state index contributed by atoms with van der Waals surface area (Å²) in [5.41, 5.74) is 2.73. The van der Waals surface area contributed by atoms with Crippen LogP contribution in [0.2, 0.25) is 0 Å². The van der Waals surface area contributed by atoms with Gasteiger partial charge in [0, 0.05) is 18.3 Å².